The van der Waals surface area contributed by atoms with Gasteiger partial charge in [-0.2, -0.15) is 0 Å². The minimum absolute atomic E-state index is 0. The zero-order chi connectivity index (χ0) is 14.9. The van der Waals surface area contributed by atoms with E-state index in [2.05, 4.69) is 43.9 Å². The number of fused-ring (bicyclic) bond motifs is 1. The first kappa shape index (κ1) is 18.0. The van der Waals surface area contributed by atoms with E-state index in [1.807, 2.05) is 6.92 Å². The van der Waals surface area contributed by atoms with Crippen LogP contribution in [0.4, 0.5) is 0 Å². The van der Waals surface area contributed by atoms with Gasteiger partial charge in [0.1, 0.15) is 6.04 Å². The van der Waals surface area contributed by atoms with Gasteiger partial charge in [-0.1, -0.05) is 45.9 Å². The fourth-order valence-corrected chi connectivity index (χ4v) is 2.90. The van der Waals surface area contributed by atoms with Crippen molar-refractivity contribution >= 4 is 18.4 Å². The number of carboxylic acids is 1. The van der Waals surface area contributed by atoms with E-state index in [-0.39, 0.29) is 23.9 Å². The third kappa shape index (κ3) is 3.98. The lowest BCUT2D eigenvalue weighted by Gasteiger charge is -2.33. The highest BCUT2D eigenvalue weighted by Gasteiger charge is 2.27. The summed E-state index contributed by atoms with van der Waals surface area (Å²) in [6, 6.07) is 6.31. The van der Waals surface area contributed by atoms with Gasteiger partial charge in [-0.25, -0.2) is 0 Å². The van der Waals surface area contributed by atoms with Crippen LogP contribution in [0.2, 0.25) is 0 Å². The van der Waals surface area contributed by atoms with Gasteiger partial charge < -0.3 is 5.11 Å². The molecule has 1 aromatic rings. The quantitative estimate of drug-likeness (QED) is 0.926. The van der Waals surface area contributed by atoms with Gasteiger partial charge in [0, 0.05) is 13.1 Å². The molecule has 0 radical (unpaired) electrons. The van der Waals surface area contributed by atoms with Crippen molar-refractivity contribution in [2.24, 2.45) is 0 Å². The number of nitrogens with zero attached hydrogens (tertiary/aromatic N) is 1. The molecule has 0 fully saturated rings. The molecule has 3 nitrogen and oxygen atoms in total. The van der Waals surface area contributed by atoms with Crippen LogP contribution in [0.3, 0.4) is 0 Å². The van der Waals surface area contributed by atoms with Crippen LogP contribution < -0.4 is 0 Å². The van der Waals surface area contributed by atoms with Crippen molar-refractivity contribution in [1.29, 1.82) is 0 Å². The lowest BCUT2D eigenvalue weighted by molar-refractivity contribution is -0.143. The summed E-state index contributed by atoms with van der Waals surface area (Å²) in [5.41, 5.74) is 4.19. The van der Waals surface area contributed by atoms with E-state index < -0.39 is 5.97 Å². The molecule has 0 amide bonds. The van der Waals surface area contributed by atoms with Crippen LogP contribution in [-0.2, 0) is 23.2 Å². The fourth-order valence-electron chi connectivity index (χ4n) is 2.90. The Balaban J connectivity index is 0.00000220. The number of rotatable bonds is 3. The van der Waals surface area contributed by atoms with Crippen LogP contribution in [0.15, 0.2) is 18.2 Å². The molecule has 0 aliphatic carbocycles. The minimum atomic E-state index is -0.706. The summed E-state index contributed by atoms with van der Waals surface area (Å²) in [5.74, 6) is -0.706. The molecule has 1 aliphatic heterocycles. The fraction of sp³-hybridized carbons (Fsp3) is 0.588. The maximum absolute atomic E-state index is 11.3. The summed E-state index contributed by atoms with van der Waals surface area (Å²) in [6.45, 7) is 10.2. The molecule has 0 bridgehead atoms. The van der Waals surface area contributed by atoms with E-state index in [1.165, 1.54) is 16.7 Å². The van der Waals surface area contributed by atoms with Crippen molar-refractivity contribution in [1.82, 2.24) is 4.90 Å². The number of carbonyl (C=O) groups is 1. The van der Waals surface area contributed by atoms with Crippen molar-refractivity contribution in [3.05, 3.63) is 34.9 Å². The molecule has 4 heteroatoms. The van der Waals surface area contributed by atoms with Crippen LogP contribution in [0.25, 0.3) is 0 Å². The molecule has 1 aliphatic rings. The second-order valence-electron chi connectivity index (χ2n) is 6.72. The molecule has 1 unspecified atom stereocenters. The molecule has 0 saturated carbocycles. The van der Waals surface area contributed by atoms with Gasteiger partial charge in [0.05, 0.1) is 0 Å². The van der Waals surface area contributed by atoms with Crippen LogP contribution in [-0.4, -0.2) is 28.6 Å². The average Bonchev–Trinajstić information content (AvgIpc) is 2.37. The molecular weight excluding hydrogens is 286 g/mol. The molecule has 1 N–H and O–H groups in total. The molecule has 21 heavy (non-hydrogen) atoms. The monoisotopic (exact) mass is 311 g/mol. The van der Waals surface area contributed by atoms with Gasteiger partial charge in [-0.3, -0.25) is 9.69 Å². The highest BCUT2D eigenvalue weighted by atomic mass is 35.5. The minimum Gasteiger partial charge on any atom is -0.480 e. The topological polar surface area (TPSA) is 40.5 Å². The largest absolute Gasteiger partial charge is 0.480 e. The summed E-state index contributed by atoms with van der Waals surface area (Å²) >= 11 is 0. The summed E-state index contributed by atoms with van der Waals surface area (Å²) in [5, 5.41) is 9.28. The summed E-state index contributed by atoms with van der Waals surface area (Å²) in [7, 11) is 0. The Morgan fingerprint density at radius 3 is 2.52 bits per heavy atom. The van der Waals surface area contributed by atoms with Gasteiger partial charge >= 0.3 is 5.97 Å². The molecule has 0 aromatic heterocycles. The Kier molecular flexibility index (Phi) is 5.83. The van der Waals surface area contributed by atoms with Gasteiger partial charge in [-0.05, 0) is 34.9 Å². The van der Waals surface area contributed by atoms with E-state index >= 15 is 0 Å². The highest BCUT2D eigenvalue weighted by molar-refractivity contribution is 5.85. The van der Waals surface area contributed by atoms with Crippen LogP contribution in [0, 0.1) is 0 Å². The first-order valence-corrected chi connectivity index (χ1v) is 7.42. The summed E-state index contributed by atoms with van der Waals surface area (Å²) in [4.78, 5) is 13.4. The molecule has 0 spiro atoms. The SMILES string of the molecule is CCC(C(=O)O)N1CCc2cc(C(C)(C)C)ccc2C1.Cl. The Hall–Kier alpha value is -1.06. The molecular formula is C17H26ClNO2. The standard InChI is InChI=1S/C17H25NO2.ClH/c1-5-15(16(19)20)18-9-8-12-10-14(17(2,3)4)7-6-13(12)11-18;/h6-7,10,15H,5,8-9,11H2,1-4H3,(H,19,20);1H. The normalized spacial score (nSPS) is 16.8. The first-order chi connectivity index (χ1) is 9.32. The molecule has 1 atom stereocenters. The molecule has 118 valence electrons. The average molecular weight is 312 g/mol. The second kappa shape index (κ2) is 6.80. The lowest BCUT2D eigenvalue weighted by atomic mass is 9.84. The zero-order valence-electron chi connectivity index (χ0n) is 13.3. The zero-order valence-corrected chi connectivity index (χ0v) is 14.2. The van der Waals surface area contributed by atoms with Crippen LogP contribution in [0.5, 0.6) is 0 Å². The van der Waals surface area contributed by atoms with Crippen LogP contribution in [0.1, 0.15) is 50.8 Å². The number of hydrogen-bond acceptors (Lipinski definition) is 2. The Morgan fingerprint density at radius 1 is 1.33 bits per heavy atom. The Bertz CT molecular complexity index is 508. The third-order valence-corrected chi connectivity index (χ3v) is 4.23. The first-order valence-electron chi connectivity index (χ1n) is 7.42. The second-order valence-corrected chi connectivity index (χ2v) is 6.72. The van der Waals surface area contributed by atoms with E-state index in [0.29, 0.717) is 6.42 Å². The molecule has 1 heterocycles. The highest BCUT2D eigenvalue weighted by Crippen LogP contribution is 2.28. The molecule has 0 saturated heterocycles. The van der Waals surface area contributed by atoms with Crippen molar-refractivity contribution in [2.75, 3.05) is 6.54 Å². The maximum atomic E-state index is 11.3. The van der Waals surface area contributed by atoms with Crippen molar-refractivity contribution in [3.8, 4) is 0 Å². The Labute approximate surface area is 133 Å². The van der Waals surface area contributed by atoms with Crippen molar-refractivity contribution < 1.29 is 9.90 Å². The number of hydrogen-bond donors (Lipinski definition) is 1. The van der Waals surface area contributed by atoms with Crippen molar-refractivity contribution in [2.45, 2.75) is 58.5 Å². The predicted octanol–water partition coefficient (Wildman–Crippen LogP) is 3.63. The van der Waals surface area contributed by atoms with Gasteiger partial charge in [0.15, 0.2) is 0 Å². The van der Waals surface area contributed by atoms with E-state index in [1.54, 1.807) is 0 Å². The number of halogens is 1. The third-order valence-electron chi connectivity index (χ3n) is 4.23. The van der Waals surface area contributed by atoms with Gasteiger partial charge in [0.2, 0.25) is 0 Å². The molecule has 2 rings (SSSR count). The number of benzene rings is 1. The van der Waals surface area contributed by atoms with E-state index in [4.69, 9.17) is 0 Å². The van der Waals surface area contributed by atoms with Gasteiger partial charge in [0.25, 0.3) is 0 Å². The lowest BCUT2D eigenvalue weighted by Crippen LogP contribution is -2.43. The number of carboxylic acid groups (broad SMARTS) is 1. The van der Waals surface area contributed by atoms with Gasteiger partial charge in [-0.15, -0.1) is 12.4 Å². The molecule has 1 aromatic carbocycles. The van der Waals surface area contributed by atoms with Crippen LogP contribution >= 0.6 is 12.4 Å². The Morgan fingerprint density at radius 2 is 2.00 bits per heavy atom. The van der Waals surface area contributed by atoms with E-state index in [0.717, 1.165) is 19.5 Å². The number of aliphatic carboxylic acids is 1. The maximum Gasteiger partial charge on any atom is 0.320 e. The summed E-state index contributed by atoms with van der Waals surface area (Å²) in [6.07, 6.45) is 1.60. The smallest absolute Gasteiger partial charge is 0.320 e. The van der Waals surface area contributed by atoms with Crippen molar-refractivity contribution in [3.63, 3.8) is 0 Å². The predicted molar refractivity (Wildman–Crippen MR) is 88.2 cm³/mol. The van der Waals surface area contributed by atoms with E-state index in [9.17, 15) is 9.90 Å². The summed E-state index contributed by atoms with van der Waals surface area (Å²) < 4.78 is 0.